The smallest absolute Gasteiger partial charge is 0.253 e. The van der Waals surface area contributed by atoms with Gasteiger partial charge in [-0.2, -0.15) is 0 Å². The zero-order valence-electron chi connectivity index (χ0n) is 17.9. The number of nitrogens with one attached hydrogen (secondary N) is 1. The minimum atomic E-state index is -3.74. The Bertz CT molecular complexity index is 1080. The number of rotatable bonds is 7. The summed E-state index contributed by atoms with van der Waals surface area (Å²) in [7, 11) is -0.835. The predicted molar refractivity (Wildman–Crippen MR) is 122 cm³/mol. The number of hydrogen-bond donors (Lipinski definition) is 2. The number of likely N-dealkylation sites (tertiary alicyclic amines) is 1. The number of anilines is 1. The molecule has 1 unspecified atom stereocenters. The summed E-state index contributed by atoms with van der Waals surface area (Å²) in [5, 5.41) is 5.25. The maximum absolute atomic E-state index is 13.2. The molecule has 1 atom stereocenters. The molecule has 31 heavy (non-hydrogen) atoms. The summed E-state index contributed by atoms with van der Waals surface area (Å²) < 4.78 is 26.7. The first-order valence-corrected chi connectivity index (χ1v) is 12.3. The molecule has 10 heteroatoms. The third-order valence-corrected chi connectivity index (χ3v) is 8.28. The molecule has 1 aliphatic rings. The van der Waals surface area contributed by atoms with Gasteiger partial charge in [0.15, 0.2) is 0 Å². The summed E-state index contributed by atoms with van der Waals surface area (Å²) >= 11 is 1.61. The van der Waals surface area contributed by atoms with Crippen LogP contribution in [0.1, 0.15) is 33.6 Å². The van der Waals surface area contributed by atoms with E-state index in [1.54, 1.807) is 22.3 Å². The van der Waals surface area contributed by atoms with Crippen LogP contribution in [0.15, 0.2) is 34.5 Å². The molecule has 0 aliphatic carbocycles. The Kier molecular flexibility index (Phi) is 7.03. The van der Waals surface area contributed by atoms with Crippen molar-refractivity contribution in [2.45, 2.75) is 31.2 Å². The SMILES string of the molecule is Cc1ccsc1CNc1cc(C(=O)N2CCCC(C(N)=O)C2)cc(S(=O)(=O)N(C)C)c1. The predicted octanol–water partition coefficient (Wildman–Crippen LogP) is 2.26. The van der Waals surface area contributed by atoms with Gasteiger partial charge in [0.25, 0.3) is 5.91 Å². The fourth-order valence-corrected chi connectivity index (χ4v) is 5.35. The van der Waals surface area contributed by atoms with E-state index >= 15 is 0 Å². The van der Waals surface area contributed by atoms with Crippen LogP contribution in [0.3, 0.4) is 0 Å². The Morgan fingerprint density at radius 1 is 1.29 bits per heavy atom. The molecule has 1 fully saturated rings. The van der Waals surface area contributed by atoms with E-state index in [-0.39, 0.29) is 28.8 Å². The number of amides is 2. The van der Waals surface area contributed by atoms with Crippen LogP contribution in [0.4, 0.5) is 5.69 Å². The average molecular weight is 465 g/mol. The van der Waals surface area contributed by atoms with Crippen LogP contribution in [-0.4, -0.2) is 56.6 Å². The molecule has 0 spiro atoms. The number of carbonyl (C=O) groups is 2. The van der Waals surface area contributed by atoms with Crippen LogP contribution in [0.25, 0.3) is 0 Å². The van der Waals surface area contributed by atoms with E-state index in [0.717, 1.165) is 14.7 Å². The van der Waals surface area contributed by atoms with Crippen LogP contribution in [-0.2, 0) is 21.4 Å². The second-order valence-corrected chi connectivity index (χ2v) is 11.1. The number of aryl methyl sites for hydroxylation is 1. The van der Waals surface area contributed by atoms with Crippen molar-refractivity contribution in [1.29, 1.82) is 0 Å². The molecule has 1 saturated heterocycles. The first-order chi connectivity index (χ1) is 14.6. The summed E-state index contributed by atoms with van der Waals surface area (Å²) in [4.78, 5) is 27.5. The molecule has 1 aromatic carbocycles. The highest BCUT2D eigenvalue weighted by atomic mass is 32.2. The van der Waals surface area contributed by atoms with Crippen LogP contribution in [0.5, 0.6) is 0 Å². The average Bonchev–Trinajstić information content (AvgIpc) is 3.16. The lowest BCUT2D eigenvalue weighted by Crippen LogP contribution is -2.44. The van der Waals surface area contributed by atoms with Gasteiger partial charge in [-0.25, -0.2) is 12.7 Å². The van der Waals surface area contributed by atoms with Crippen LogP contribution < -0.4 is 11.1 Å². The number of carbonyl (C=O) groups excluding carboxylic acids is 2. The van der Waals surface area contributed by atoms with Crippen molar-refractivity contribution in [3.05, 3.63) is 45.6 Å². The number of nitrogens with zero attached hydrogens (tertiary/aromatic N) is 2. The highest BCUT2D eigenvalue weighted by Crippen LogP contribution is 2.26. The molecule has 0 saturated carbocycles. The molecule has 168 valence electrons. The molecule has 8 nitrogen and oxygen atoms in total. The fourth-order valence-electron chi connectivity index (χ4n) is 3.53. The van der Waals surface area contributed by atoms with Gasteiger partial charge in [-0.15, -0.1) is 11.3 Å². The fraction of sp³-hybridized carbons (Fsp3) is 0.429. The number of thiophene rings is 1. The van der Waals surface area contributed by atoms with E-state index in [2.05, 4.69) is 5.32 Å². The monoisotopic (exact) mass is 464 g/mol. The van der Waals surface area contributed by atoms with Gasteiger partial charge in [-0.1, -0.05) is 0 Å². The lowest BCUT2D eigenvalue weighted by molar-refractivity contribution is -0.123. The molecule has 3 N–H and O–H groups in total. The lowest BCUT2D eigenvalue weighted by atomic mass is 9.97. The summed E-state index contributed by atoms with van der Waals surface area (Å²) in [6.07, 6.45) is 1.33. The van der Waals surface area contributed by atoms with E-state index in [1.807, 2.05) is 18.4 Å². The van der Waals surface area contributed by atoms with Crippen molar-refractivity contribution in [2.24, 2.45) is 11.7 Å². The molecule has 2 heterocycles. The van der Waals surface area contributed by atoms with Crippen molar-refractivity contribution in [3.8, 4) is 0 Å². The van der Waals surface area contributed by atoms with Crippen molar-refractivity contribution < 1.29 is 18.0 Å². The van der Waals surface area contributed by atoms with E-state index in [1.165, 1.54) is 26.2 Å². The van der Waals surface area contributed by atoms with Crippen molar-refractivity contribution in [2.75, 3.05) is 32.5 Å². The van der Waals surface area contributed by atoms with Gasteiger partial charge in [-0.3, -0.25) is 9.59 Å². The van der Waals surface area contributed by atoms with E-state index in [4.69, 9.17) is 5.73 Å². The molecule has 3 rings (SSSR count). The van der Waals surface area contributed by atoms with Crippen molar-refractivity contribution in [3.63, 3.8) is 0 Å². The normalized spacial score (nSPS) is 17.0. The van der Waals surface area contributed by atoms with Crippen molar-refractivity contribution in [1.82, 2.24) is 9.21 Å². The number of piperidine rings is 1. The summed E-state index contributed by atoms with van der Waals surface area (Å²) in [5.74, 6) is -1.11. The molecular formula is C21H28N4O4S2. The largest absolute Gasteiger partial charge is 0.380 e. The Morgan fingerprint density at radius 3 is 2.65 bits per heavy atom. The number of hydrogen-bond acceptors (Lipinski definition) is 6. The van der Waals surface area contributed by atoms with Gasteiger partial charge in [0.2, 0.25) is 15.9 Å². The molecular weight excluding hydrogens is 436 g/mol. The first kappa shape index (κ1) is 23.2. The Hall–Kier alpha value is -2.43. The third kappa shape index (κ3) is 5.25. The van der Waals surface area contributed by atoms with Crippen molar-refractivity contribution >= 4 is 38.9 Å². The zero-order valence-corrected chi connectivity index (χ0v) is 19.6. The van der Waals surface area contributed by atoms with Gasteiger partial charge in [0, 0.05) is 49.9 Å². The van der Waals surface area contributed by atoms with Crippen LogP contribution in [0, 0.1) is 12.8 Å². The summed E-state index contributed by atoms with van der Waals surface area (Å²) in [6.45, 7) is 3.29. The summed E-state index contributed by atoms with van der Waals surface area (Å²) in [6, 6.07) is 6.62. The Morgan fingerprint density at radius 2 is 2.03 bits per heavy atom. The third-order valence-electron chi connectivity index (χ3n) is 5.46. The number of sulfonamides is 1. The quantitative estimate of drug-likeness (QED) is 0.653. The molecule has 2 amide bonds. The minimum absolute atomic E-state index is 0.0391. The van der Waals surface area contributed by atoms with Gasteiger partial charge in [0.1, 0.15) is 0 Å². The van der Waals surface area contributed by atoms with E-state index in [9.17, 15) is 18.0 Å². The van der Waals surface area contributed by atoms with Gasteiger partial charge < -0.3 is 16.0 Å². The maximum Gasteiger partial charge on any atom is 0.253 e. The van der Waals surface area contributed by atoms with Gasteiger partial charge >= 0.3 is 0 Å². The minimum Gasteiger partial charge on any atom is -0.380 e. The highest BCUT2D eigenvalue weighted by Gasteiger charge is 2.29. The Labute approximate surface area is 187 Å². The second kappa shape index (κ2) is 9.37. The topological polar surface area (TPSA) is 113 Å². The molecule has 0 bridgehead atoms. The molecule has 1 aromatic heterocycles. The lowest BCUT2D eigenvalue weighted by Gasteiger charge is -2.31. The zero-order chi connectivity index (χ0) is 22.8. The highest BCUT2D eigenvalue weighted by molar-refractivity contribution is 7.89. The van der Waals surface area contributed by atoms with Gasteiger partial charge in [0.05, 0.1) is 10.8 Å². The molecule has 2 aromatic rings. The first-order valence-electron chi connectivity index (χ1n) is 10.0. The Balaban J connectivity index is 1.93. The molecule has 1 aliphatic heterocycles. The van der Waals surface area contributed by atoms with Gasteiger partial charge in [-0.05, 0) is 55.0 Å². The molecule has 0 radical (unpaired) electrons. The van der Waals surface area contributed by atoms with Crippen LogP contribution in [0.2, 0.25) is 0 Å². The number of benzene rings is 1. The number of primary amides is 1. The van der Waals surface area contributed by atoms with Crippen LogP contribution >= 0.6 is 11.3 Å². The summed E-state index contributed by atoms with van der Waals surface area (Å²) in [5.41, 5.74) is 7.39. The van der Waals surface area contributed by atoms with E-state index < -0.39 is 15.9 Å². The second-order valence-electron chi connectivity index (χ2n) is 7.91. The number of nitrogens with two attached hydrogens (primary N) is 1. The standard InChI is InChI=1S/C21H28N4O4S2/c1-14-6-8-30-19(14)12-23-17-9-16(10-18(11-17)31(28,29)24(2)3)21(27)25-7-4-5-15(13-25)20(22)26/h6,8-11,15,23H,4-5,7,12-13H2,1-3H3,(H2,22,26). The maximum atomic E-state index is 13.2. The van der Waals surface area contributed by atoms with E-state index in [0.29, 0.717) is 31.6 Å².